The first kappa shape index (κ1) is 15.2. The lowest BCUT2D eigenvalue weighted by molar-refractivity contribution is 0.252. The molecule has 0 unspecified atom stereocenters. The molecule has 5 heteroatoms. The van der Waals surface area contributed by atoms with E-state index in [2.05, 4.69) is 28.6 Å². The van der Waals surface area contributed by atoms with Crippen LogP contribution in [-0.2, 0) is 12.8 Å². The number of anilines is 2. The van der Waals surface area contributed by atoms with Crippen molar-refractivity contribution in [3.05, 3.63) is 53.6 Å². The van der Waals surface area contributed by atoms with Crippen molar-refractivity contribution in [2.75, 3.05) is 30.4 Å². The van der Waals surface area contributed by atoms with Gasteiger partial charge in [0.2, 0.25) is 0 Å². The lowest BCUT2D eigenvalue weighted by atomic mass is 10.1. The predicted molar refractivity (Wildman–Crippen MR) is 92.2 cm³/mol. The van der Waals surface area contributed by atoms with Crippen molar-refractivity contribution in [3.63, 3.8) is 0 Å². The van der Waals surface area contributed by atoms with E-state index in [4.69, 9.17) is 0 Å². The first-order valence-electron chi connectivity index (χ1n) is 7.79. The number of rotatable bonds is 4. The zero-order chi connectivity index (χ0) is 16.2. The first-order chi connectivity index (χ1) is 11.1. The summed E-state index contributed by atoms with van der Waals surface area (Å²) in [6.07, 6.45) is 1.68. The quantitative estimate of drug-likeness (QED) is 0.813. The molecule has 0 saturated carbocycles. The van der Waals surface area contributed by atoms with Crippen LogP contribution in [0.4, 0.5) is 16.2 Å². The largest absolute Gasteiger partial charge is 0.508 e. The van der Waals surface area contributed by atoms with Gasteiger partial charge in [-0.3, -0.25) is 0 Å². The Bertz CT molecular complexity index is 698. The van der Waals surface area contributed by atoms with E-state index in [9.17, 15) is 9.90 Å². The van der Waals surface area contributed by atoms with Crippen molar-refractivity contribution < 1.29 is 9.90 Å². The Hall–Kier alpha value is -2.69. The second-order valence-electron chi connectivity index (χ2n) is 5.77. The van der Waals surface area contributed by atoms with Crippen molar-refractivity contribution in [2.24, 2.45) is 0 Å². The van der Waals surface area contributed by atoms with Crippen LogP contribution in [0.2, 0.25) is 0 Å². The van der Waals surface area contributed by atoms with Crippen LogP contribution in [0.1, 0.15) is 11.1 Å². The van der Waals surface area contributed by atoms with Crippen LogP contribution >= 0.6 is 0 Å². The van der Waals surface area contributed by atoms with Crippen LogP contribution in [0.15, 0.2) is 42.5 Å². The maximum absolute atomic E-state index is 12.1. The highest BCUT2D eigenvalue weighted by Crippen LogP contribution is 2.32. The summed E-state index contributed by atoms with van der Waals surface area (Å²) in [6, 6.07) is 12.8. The summed E-state index contributed by atoms with van der Waals surface area (Å²) in [5.41, 5.74) is 4.34. The van der Waals surface area contributed by atoms with Gasteiger partial charge in [0.15, 0.2) is 0 Å². The summed E-state index contributed by atoms with van der Waals surface area (Å²) in [7, 11) is 2.06. The third-order valence-corrected chi connectivity index (χ3v) is 4.14. The number of nitrogens with zero attached hydrogens (tertiary/aromatic N) is 1. The molecule has 23 heavy (non-hydrogen) atoms. The molecule has 1 aliphatic heterocycles. The smallest absolute Gasteiger partial charge is 0.319 e. The Morgan fingerprint density at radius 2 is 2.00 bits per heavy atom. The van der Waals surface area contributed by atoms with Gasteiger partial charge in [-0.15, -0.1) is 0 Å². The first-order valence-corrected chi connectivity index (χ1v) is 7.79. The van der Waals surface area contributed by atoms with E-state index < -0.39 is 0 Å². The summed E-state index contributed by atoms with van der Waals surface area (Å²) in [6.45, 7) is 1.53. The monoisotopic (exact) mass is 311 g/mol. The Morgan fingerprint density at radius 1 is 1.22 bits per heavy atom. The normalized spacial score (nSPS) is 12.8. The fourth-order valence-corrected chi connectivity index (χ4v) is 2.86. The predicted octanol–water partition coefficient (Wildman–Crippen LogP) is 2.75. The van der Waals surface area contributed by atoms with Gasteiger partial charge < -0.3 is 20.6 Å². The number of aromatic hydroxyl groups is 1. The number of likely N-dealkylation sites (N-methyl/N-ethyl adjacent to an activating group) is 1. The number of phenols is 1. The molecule has 0 saturated heterocycles. The van der Waals surface area contributed by atoms with Crippen LogP contribution < -0.4 is 15.5 Å². The zero-order valence-electron chi connectivity index (χ0n) is 13.2. The highest BCUT2D eigenvalue weighted by atomic mass is 16.3. The number of carbonyl (C=O) groups excluding carboxylic acids is 1. The number of fused-ring (bicyclic) bond motifs is 1. The van der Waals surface area contributed by atoms with Crippen molar-refractivity contribution in [1.29, 1.82) is 0 Å². The van der Waals surface area contributed by atoms with E-state index in [1.165, 1.54) is 11.3 Å². The van der Waals surface area contributed by atoms with E-state index >= 15 is 0 Å². The van der Waals surface area contributed by atoms with Gasteiger partial charge in [-0.2, -0.15) is 0 Å². The van der Waals surface area contributed by atoms with Crippen molar-refractivity contribution in [1.82, 2.24) is 5.32 Å². The van der Waals surface area contributed by atoms with Gasteiger partial charge in [-0.25, -0.2) is 4.79 Å². The molecular formula is C18H21N3O2. The standard InChI is InChI=1S/C18H21N3O2/c1-21-12-10-15-16(3-2-4-17(15)21)20-18(23)19-11-9-13-5-7-14(22)8-6-13/h2-8,22H,9-12H2,1H3,(H2,19,20,23). The van der Waals surface area contributed by atoms with Gasteiger partial charge in [0.1, 0.15) is 5.75 Å². The number of hydrogen-bond acceptors (Lipinski definition) is 3. The van der Waals surface area contributed by atoms with Crippen LogP contribution in [-0.4, -0.2) is 31.3 Å². The fraction of sp³-hybridized carbons (Fsp3) is 0.278. The third kappa shape index (κ3) is 3.56. The van der Waals surface area contributed by atoms with E-state index in [1.54, 1.807) is 12.1 Å². The molecule has 2 aromatic rings. The Balaban J connectivity index is 1.53. The molecule has 2 aromatic carbocycles. The van der Waals surface area contributed by atoms with Gasteiger partial charge in [0, 0.05) is 37.1 Å². The number of benzene rings is 2. The van der Waals surface area contributed by atoms with E-state index in [0.717, 1.165) is 30.6 Å². The van der Waals surface area contributed by atoms with Crippen molar-refractivity contribution in [2.45, 2.75) is 12.8 Å². The van der Waals surface area contributed by atoms with Crippen LogP contribution in [0.3, 0.4) is 0 Å². The number of hydrogen-bond donors (Lipinski definition) is 3. The average molecular weight is 311 g/mol. The highest BCUT2D eigenvalue weighted by molar-refractivity contribution is 5.91. The molecule has 0 aliphatic carbocycles. The van der Waals surface area contributed by atoms with Crippen molar-refractivity contribution >= 4 is 17.4 Å². The summed E-state index contributed by atoms with van der Waals surface area (Å²) < 4.78 is 0. The van der Waals surface area contributed by atoms with Gasteiger partial charge in [0.05, 0.1) is 0 Å². The van der Waals surface area contributed by atoms with E-state index in [1.807, 2.05) is 24.3 Å². The highest BCUT2D eigenvalue weighted by Gasteiger charge is 2.19. The maximum Gasteiger partial charge on any atom is 0.319 e. The molecule has 1 aliphatic rings. The van der Waals surface area contributed by atoms with Crippen molar-refractivity contribution in [3.8, 4) is 5.75 Å². The number of urea groups is 1. The molecule has 5 nitrogen and oxygen atoms in total. The second-order valence-corrected chi connectivity index (χ2v) is 5.77. The van der Waals surface area contributed by atoms with Crippen LogP contribution in [0, 0.1) is 0 Å². The molecular weight excluding hydrogens is 290 g/mol. The minimum absolute atomic E-state index is 0.188. The molecule has 1 heterocycles. The fourth-order valence-electron chi connectivity index (χ4n) is 2.86. The summed E-state index contributed by atoms with van der Waals surface area (Å²) in [5, 5.41) is 15.1. The van der Waals surface area contributed by atoms with Gasteiger partial charge in [-0.05, 0) is 42.7 Å². The van der Waals surface area contributed by atoms with Gasteiger partial charge >= 0.3 is 6.03 Å². The summed E-state index contributed by atoms with van der Waals surface area (Å²) in [5.74, 6) is 0.252. The maximum atomic E-state index is 12.1. The molecule has 3 N–H and O–H groups in total. The molecule has 0 radical (unpaired) electrons. The molecule has 0 spiro atoms. The summed E-state index contributed by atoms with van der Waals surface area (Å²) >= 11 is 0. The Labute approximate surface area is 135 Å². The van der Waals surface area contributed by atoms with Crippen LogP contribution in [0.25, 0.3) is 0 Å². The lowest BCUT2D eigenvalue weighted by Gasteiger charge is -2.14. The lowest BCUT2D eigenvalue weighted by Crippen LogP contribution is -2.30. The van der Waals surface area contributed by atoms with Crippen LogP contribution in [0.5, 0.6) is 5.75 Å². The number of phenolic OH excluding ortho intramolecular Hbond substituents is 1. The molecule has 0 fully saturated rings. The second kappa shape index (κ2) is 6.60. The molecule has 0 atom stereocenters. The molecule has 120 valence electrons. The molecule has 2 amide bonds. The molecule has 0 bridgehead atoms. The third-order valence-electron chi connectivity index (χ3n) is 4.14. The van der Waals surface area contributed by atoms with E-state index in [-0.39, 0.29) is 11.8 Å². The van der Waals surface area contributed by atoms with E-state index in [0.29, 0.717) is 6.54 Å². The SMILES string of the molecule is CN1CCc2c(NC(=O)NCCc3ccc(O)cc3)cccc21. The topological polar surface area (TPSA) is 64.6 Å². The molecule has 0 aromatic heterocycles. The minimum atomic E-state index is -0.188. The Morgan fingerprint density at radius 3 is 2.78 bits per heavy atom. The number of carbonyl (C=O) groups is 1. The average Bonchev–Trinajstić information content (AvgIpc) is 2.92. The molecule has 3 rings (SSSR count). The minimum Gasteiger partial charge on any atom is -0.508 e. The Kier molecular flexibility index (Phi) is 4.37. The van der Waals surface area contributed by atoms with Gasteiger partial charge in [-0.1, -0.05) is 18.2 Å². The van der Waals surface area contributed by atoms with Gasteiger partial charge in [0.25, 0.3) is 0 Å². The number of nitrogens with one attached hydrogen (secondary N) is 2. The summed E-state index contributed by atoms with van der Waals surface area (Å²) in [4.78, 5) is 14.3. The number of amides is 2. The zero-order valence-corrected chi connectivity index (χ0v) is 13.2.